The van der Waals surface area contributed by atoms with E-state index in [1.807, 2.05) is 43.3 Å². The van der Waals surface area contributed by atoms with Crippen LogP contribution in [0.4, 0.5) is 11.6 Å². The fourth-order valence-corrected chi connectivity index (χ4v) is 4.09. The van der Waals surface area contributed by atoms with E-state index in [-0.39, 0.29) is 29.3 Å². The number of hydrogen-bond donors (Lipinski definition) is 2. The zero-order valence-corrected chi connectivity index (χ0v) is 18.7. The third-order valence-electron chi connectivity index (χ3n) is 4.79. The molecule has 0 aliphatic carbocycles. The van der Waals surface area contributed by atoms with Gasteiger partial charge in [0.2, 0.25) is 5.91 Å². The van der Waals surface area contributed by atoms with Gasteiger partial charge in [0.25, 0.3) is 0 Å². The van der Waals surface area contributed by atoms with Gasteiger partial charge >= 0.3 is 0 Å². The number of nitrogens with two attached hydrogens (primary N) is 1. The number of carbonyl (C=O) groups excluding carboxylic acids is 1. The van der Waals surface area contributed by atoms with Crippen LogP contribution in [-0.2, 0) is 11.2 Å². The molecule has 0 saturated heterocycles. The van der Waals surface area contributed by atoms with Gasteiger partial charge in [-0.3, -0.25) is 4.79 Å². The normalized spacial score (nSPS) is 10.2. The summed E-state index contributed by atoms with van der Waals surface area (Å²) < 4.78 is 0. The Labute approximate surface area is 191 Å². The number of nitriles is 2. The number of hydrogen-bond acceptors (Lipinski definition) is 7. The zero-order chi connectivity index (χ0) is 23.1. The molecule has 32 heavy (non-hydrogen) atoms. The average molecular weight is 443 g/mol. The number of nitrogens with one attached hydrogen (secondary N) is 1. The molecular weight excluding hydrogens is 420 g/mol. The Bertz CT molecular complexity index is 1220. The highest BCUT2D eigenvalue weighted by Gasteiger charge is 2.20. The molecule has 8 heteroatoms. The molecule has 0 aliphatic heterocycles. The summed E-state index contributed by atoms with van der Waals surface area (Å²) in [4.78, 5) is 20.8. The summed E-state index contributed by atoms with van der Waals surface area (Å²) in [6.07, 6.45) is 1.09. The number of nitrogen functional groups attached to an aromatic ring is 1. The number of aryl methyl sites for hydroxylation is 2. The van der Waals surface area contributed by atoms with Gasteiger partial charge in [0.15, 0.2) is 0 Å². The number of benzene rings is 1. The summed E-state index contributed by atoms with van der Waals surface area (Å²) in [7, 11) is 0. The van der Waals surface area contributed by atoms with Crippen molar-refractivity contribution in [2.24, 2.45) is 0 Å². The van der Waals surface area contributed by atoms with Crippen molar-refractivity contribution in [1.82, 2.24) is 9.97 Å². The first kappa shape index (κ1) is 22.8. The van der Waals surface area contributed by atoms with Gasteiger partial charge in [-0.25, -0.2) is 9.97 Å². The van der Waals surface area contributed by atoms with Crippen LogP contribution in [0.25, 0.3) is 11.1 Å². The van der Waals surface area contributed by atoms with Crippen LogP contribution in [-0.4, -0.2) is 21.6 Å². The number of amides is 1. The molecule has 0 fully saturated rings. The molecule has 7 nitrogen and oxygen atoms in total. The summed E-state index contributed by atoms with van der Waals surface area (Å²) in [6.45, 7) is 3.91. The van der Waals surface area contributed by atoms with E-state index in [9.17, 15) is 15.3 Å². The molecule has 1 amide bonds. The Morgan fingerprint density at radius 1 is 1.09 bits per heavy atom. The minimum atomic E-state index is -0.189. The number of carbonyl (C=O) groups is 1. The molecule has 2 aromatic heterocycles. The first-order valence-electron chi connectivity index (χ1n) is 10.1. The summed E-state index contributed by atoms with van der Waals surface area (Å²) in [6, 6.07) is 17.3. The highest BCUT2D eigenvalue weighted by atomic mass is 32.2. The van der Waals surface area contributed by atoms with Gasteiger partial charge < -0.3 is 11.1 Å². The second-order valence-corrected chi connectivity index (χ2v) is 8.10. The molecule has 0 aliphatic rings. The lowest BCUT2D eigenvalue weighted by molar-refractivity contribution is -0.115. The van der Waals surface area contributed by atoms with Crippen molar-refractivity contribution in [2.45, 2.75) is 31.7 Å². The molecule has 3 rings (SSSR count). The maximum absolute atomic E-state index is 12.3. The number of rotatable bonds is 7. The molecule has 0 bridgehead atoms. The fourth-order valence-electron chi connectivity index (χ4n) is 3.16. The quantitative estimate of drug-likeness (QED) is 0.517. The van der Waals surface area contributed by atoms with Gasteiger partial charge in [-0.15, -0.1) is 11.8 Å². The highest BCUT2D eigenvalue weighted by Crippen LogP contribution is 2.35. The first-order valence-corrected chi connectivity index (χ1v) is 11.0. The van der Waals surface area contributed by atoms with Crippen LogP contribution >= 0.6 is 11.8 Å². The predicted octanol–water partition coefficient (Wildman–Crippen LogP) is 4.46. The lowest BCUT2D eigenvalue weighted by Gasteiger charge is -2.13. The first-order chi connectivity index (χ1) is 15.5. The molecule has 3 aromatic rings. The Morgan fingerprint density at radius 3 is 2.44 bits per heavy atom. The molecular formula is C24H22N6OS. The molecule has 0 saturated carbocycles. The Morgan fingerprint density at radius 2 is 1.81 bits per heavy atom. The number of thioether (sulfide) groups is 1. The van der Waals surface area contributed by atoms with Crippen molar-refractivity contribution in [3.63, 3.8) is 0 Å². The Hall–Kier alpha value is -3.88. The lowest BCUT2D eigenvalue weighted by atomic mass is 9.96. The molecule has 0 atom stereocenters. The van der Waals surface area contributed by atoms with Crippen molar-refractivity contribution < 1.29 is 4.79 Å². The van der Waals surface area contributed by atoms with E-state index in [0.717, 1.165) is 23.2 Å². The predicted molar refractivity (Wildman–Crippen MR) is 126 cm³/mol. The van der Waals surface area contributed by atoms with Gasteiger partial charge in [0.05, 0.1) is 5.56 Å². The van der Waals surface area contributed by atoms with E-state index in [0.29, 0.717) is 22.2 Å². The van der Waals surface area contributed by atoms with Crippen LogP contribution in [0.15, 0.2) is 47.5 Å². The maximum Gasteiger partial charge on any atom is 0.226 e. The second kappa shape index (κ2) is 10.4. The van der Waals surface area contributed by atoms with E-state index >= 15 is 0 Å². The van der Waals surface area contributed by atoms with Gasteiger partial charge in [0.1, 0.15) is 34.4 Å². The smallest absolute Gasteiger partial charge is 0.226 e. The van der Waals surface area contributed by atoms with E-state index in [1.165, 1.54) is 11.8 Å². The Balaban J connectivity index is 1.82. The maximum atomic E-state index is 12.3. The summed E-state index contributed by atoms with van der Waals surface area (Å²) in [5.74, 6) is 0.762. The van der Waals surface area contributed by atoms with Gasteiger partial charge in [-0.1, -0.05) is 37.3 Å². The largest absolute Gasteiger partial charge is 0.383 e. The topological polar surface area (TPSA) is 128 Å². The third kappa shape index (κ3) is 5.23. The minimum absolute atomic E-state index is 0.0666. The average Bonchev–Trinajstić information content (AvgIpc) is 2.78. The van der Waals surface area contributed by atoms with Gasteiger partial charge in [-0.2, -0.15) is 10.5 Å². The van der Waals surface area contributed by atoms with E-state index in [1.54, 1.807) is 6.07 Å². The van der Waals surface area contributed by atoms with Crippen molar-refractivity contribution >= 4 is 29.3 Å². The molecule has 160 valence electrons. The van der Waals surface area contributed by atoms with Crippen molar-refractivity contribution in [3.8, 4) is 23.3 Å². The zero-order valence-electron chi connectivity index (χ0n) is 17.8. The van der Waals surface area contributed by atoms with Crippen LogP contribution < -0.4 is 11.1 Å². The summed E-state index contributed by atoms with van der Waals surface area (Å²) in [5, 5.41) is 22.7. The van der Waals surface area contributed by atoms with Crippen LogP contribution in [0, 0.1) is 29.6 Å². The van der Waals surface area contributed by atoms with Gasteiger partial charge in [0, 0.05) is 23.4 Å². The summed E-state index contributed by atoms with van der Waals surface area (Å²) in [5.41, 5.74) is 9.68. The second-order valence-electron chi connectivity index (χ2n) is 7.01. The van der Waals surface area contributed by atoms with Crippen molar-refractivity contribution in [3.05, 3.63) is 64.8 Å². The molecule has 0 unspecified atom stereocenters. The molecule has 2 heterocycles. The third-order valence-corrected chi connectivity index (χ3v) is 5.77. The molecule has 0 radical (unpaired) electrons. The van der Waals surface area contributed by atoms with Crippen molar-refractivity contribution in [1.29, 1.82) is 10.5 Å². The van der Waals surface area contributed by atoms with E-state index in [4.69, 9.17) is 5.73 Å². The molecule has 3 N–H and O–H groups in total. The van der Waals surface area contributed by atoms with Crippen LogP contribution in [0.2, 0.25) is 0 Å². The van der Waals surface area contributed by atoms with E-state index in [2.05, 4.69) is 34.3 Å². The van der Waals surface area contributed by atoms with E-state index < -0.39 is 0 Å². The highest BCUT2D eigenvalue weighted by molar-refractivity contribution is 7.99. The van der Waals surface area contributed by atoms with Crippen LogP contribution in [0.3, 0.4) is 0 Å². The lowest BCUT2D eigenvalue weighted by Crippen LogP contribution is -2.13. The van der Waals surface area contributed by atoms with Gasteiger partial charge in [-0.05, 0) is 36.6 Å². The molecule has 0 spiro atoms. The molecule has 1 aromatic carbocycles. The van der Waals surface area contributed by atoms with Crippen LogP contribution in [0.5, 0.6) is 0 Å². The standard InChI is InChI=1S/C24H22N6OS/c1-3-16-7-9-17(10-8-16)22-18(13-25)23(27)30-24(19(22)14-26)32-12-11-21(31)29-20-6-4-5-15(2)28-20/h4-10H,3,11-12H2,1-2H3,(H2,27,30)(H,28,29,31). The Kier molecular flexibility index (Phi) is 7.43. The number of nitrogens with zero attached hydrogens (tertiary/aromatic N) is 4. The fraction of sp³-hybridized carbons (Fsp3) is 0.208. The van der Waals surface area contributed by atoms with Crippen molar-refractivity contribution in [2.75, 3.05) is 16.8 Å². The number of anilines is 2. The number of pyridine rings is 2. The SMILES string of the molecule is CCc1ccc(-c2c(C#N)c(N)nc(SCCC(=O)Nc3cccc(C)n3)c2C#N)cc1. The van der Waals surface area contributed by atoms with Crippen LogP contribution in [0.1, 0.15) is 35.7 Å². The number of aromatic nitrogens is 2. The summed E-state index contributed by atoms with van der Waals surface area (Å²) >= 11 is 1.26. The minimum Gasteiger partial charge on any atom is -0.383 e. The monoisotopic (exact) mass is 442 g/mol.